The third kappa shape index (κ3) is 3.39. The molecule has 1 aliphatic heterocycles. The quantitative estimate of drug-likeness (QED) is 0.688. The first kappa shape index (κ1) is 19.5. The fourth-order valence-electron chi connectivity index (χ4n) is 4.45. The molecule has 2 aliphatic rings. The van der Waals surface area contributed by atoms with Gasteiger partial charge in [-0.2, -0.15) is 4.68 Å². The second-order valence-electron chi connectivity index (χ2n) is 7.97. The largest absolute Gasteiger partial charge is 0.454 e. The fourth-order valence-corrected chi connectivity index (χ4v) is 4.45. The van der Waals surface area contributed by atoms with Gasteiger partial charge in [-0.3, -0.25) is 4.79 Å². The van der Waals surface area contributed by atoms with E-state index in [1.807, 2.05) is 18.2 Å². The van der Waals surface area contributed by atoms with Gasteiger partial charge in [0.05, 0.1) is 16.8 Å². The van der Waals surface area contributed by atoms with Gasteiger partial charge in [-0.1, -0.05) is 25.3 Å². The zero-order valence-electron chi connectivity index (χ0n) is 17.1. The first-order valence-corrected chi connectivity index (χ1v) is 10.3. The lowest BCUT2D eigenvalue weighted by atomic mass is 9.68. The van der Waals surface area contributed by atoms with Gasteiger partial charge < -0.3 is 14.8 Å². The van der Waals surface area contributed by atoms with E-state index in [9.17, 15) is 9.18 Å². The van der Waals surface area contributed by atoms with Crippen LogP contribution >= 0.6 is 0 Å². The zero-order valence-corrected chi connectivity index (χ0v) is 17.1. The highest BCUT2D eigenvalue weighted by atomic mass is 19.1. The summed E-state index contributed by atoms with van der Waals surface area (Å²) in [6.07, 6.45) is 4.29. The Balaban J connectivity index is 1.49. The van der Waals surface area contributed by atoms with Crippen molar-refractivity contribution in [3.05, 3.63) is 53.6 Å². The minimum Gasteiger partial charge on any atom is -0.454 e. The van der Waals surface area contributed by atoms with E-state index in [0.717, 1.165) is 24.8 Å². The molecule has 1 amide bonds. The van der Waals surface area contributed by atoms with Crippen LogP contribution in [0.1, 0.15) is 43.5 Å². The number of amides is 1. The van der Waals surface area contributed by atoms with Crippen molar-refractivity contribution in [1.29, 1.82) is 0 Å². The number of anilines is 1. The highest BCUT2D eigenvalue weighted by Gasteiger charge is 2.42. The first-order valence-electron chi connectivity index (χ1n) is 10.3. The lowest BCUT2D eigenvalue weighted by molar-refractivity contribution is -0.122. The number of benzene rings is 2. The van der Waals surface area contributed by atoms with Gasteiger partial charge >= 0.3 is 0 Å². The maximum absolute atomic E-state index is 14.6. The second-order valence-corrected chi connectivity index (χ2v) is 7.97. The van der Waals surface area contributed by atoms with Crippen LogP contribution in [-0.2, 0) is 10.2 Å². The summed E-state index contributed by atoms with van der Waals surface area (Å²) < 4.78 is 27.1. The van der Waals surface area contributed by atoms with Crippen LogP contribution in [0.3, 0.4) is 0 Å². The van der Waals surface area contributed by atoms with Crippen molar-refractivity contribution >= 4 is 11.6 Å². The maximum Gasteiger partial charge on any atom is 0.235 e. The van der Waals surface area contributed by atoms with Crippen molar-refractivity contribution in [3.63, 3.8) is 0 Å². The summed E-state index contributed by atoms with van der Waals surface area (Å²) in [7, 11) is 0. The highest BCUT2D eigenvalue weighted by Crippen LogP contribution is 2.44. The molecule has 1 aromatic heterocycles. The molecular weight excluding hydrogens is 401 g/mol. The number of carbonyl (C=O) groups excluding carboxylic acids is 1. The Labute approximate surface area is 178 Å². The molecule has 31 heavy (non-hydrogen) atoms. The monoisotopic (exact) mass is 423 g/mol. The van der Waals surface area contributed by atoms with E-state index in [1.165, 1.54) is 10.7 Å². The van der Waals surface area contributed by atoms with Gasteiger partial charge in [-0.05, 0) is 66.1 Å². The van der Waals surface area contributed by atoms with Crippen molar-refractivity contribution in [2.45, 2.75) is 44.4 Å². The molecule has 1 N–H and O–H groups in total. The number of fused-ring (bicyclic) bond motifs is 1. The van der Waals surface area contributed by atoms with E-state index in [1.54, 1.807) is 19.1 Å². The molecule has 2 aromatic carbocycles. The lowest BCUT2D eigenvalue weighted by Gasteiger charge is -2.36. The number of tetrazole rings is 1. The summed E-state index contributed by atoms with van der Waals surface area (Å²) in [6.45, 7) is 1.92. The van der Waals surface area contributed by atoms with Gasteiger partial charge in [0.25, 0.3) is 0 Å². The van der Waals surface area contributed by atoms with Crippen molar-refractivity contribution in [3.8, 4) is 17.2 Å². The highest BCUT2D eigenvalue weighted by molar-refractivity contribution is 5.99. The van der Waals surface area contributed by atoms with Crippen LogP contribution in [0.15, 0.2) is 36.4 Å². The minimum absolute atomic E-state index is 0.100. The molecule has 8 nitrogen and oxygen atoms in total. The Hall–Kier alpha value is -3.49. The van der Waals surface area contributed by atoms with E-state index < -0.39 is 11.2 Å². The molecule has 9 heteroatoms. The SMILES string of the molecule is Cc1nnnn1-c1ccc(F)c(NC(=O)C2(c3ccc4c(c3)OCO4)CCCCC2)c1. The molecule has 0 bridgehead atoms. The van der Waals surface area contributed by atoms with Crippen LogP contribution in [0.2, 0.25) is 0 Å². The number of hydrogen-bond acceptors (Lipinski definition) is 6. The normalized spacial score (nSPS) is 16.8. The molecule has 0 saturated heterocycles. The van der Waals surface area contributed by atoms with E-state index in [-0.39, 0.29) is 18.4 Å². The number of hydrogen-bond donors (Lipinski definition) is 1. The number of halogens is 1. The summed E-state index contributed by atoms with van der Waals surface area (Å²) in [5.41, 5.74) is 0.775. The molecule has 2 heterocycles. The molecule has 5 rings (SSSR count). The molecule has 0 spiro atoms. The van der Waals surface area contributed by atoms with Crippen LogP contribution in [0, 0.1) is 12.7 Å². The van der Waals surface area contributed by atoms with E-state index in [4.69, 9.17) is 9.47 Å². The number of aryl methyl sites for hydroxylation is 1. The molecule has 0 radical (unpaired) electrons. The average Bonchev–Trinajstić information content (AvgIpc) is 3.44. The van der Waals surface area contributed by atoms with Crippen LogP contribution in [0.25, 0.3) is 5.69 Å². The lowest BCUT2D eigenvalue weighted by Crippen LogP contribution is -2.42. The summed E-state index contributed by atoms with van der Waals surface area (Å²) in [5, 5.41) is 14.2. The molecule has 160 valence electrons. The summed E-state index contributed by atoms with van der Waals surface area (Å²) in [5.74, 6) is 1.13. The van der Waals surface area contributed by atoms with Gasteiger partial charge in [-0.15, -0.1) is 5.10 Å². The van der Waals surface area contributed by atoms with Gasteiger partial charge in [0, 0.05) is 0 Å². The minimum atomic E-state index is -0.758. The number of aromatic nitrogens is 4. The van der Waals surface area contributed by atoms with Gasteiger partial charge in [-0.25, -0.2) is 4.39 Å². The third-order valence-corrected chi connectivity index (χ3v) is 6.14. The van der Waals surface area contributed by atoms with Crippen LogP contribution in [-0.4, -0.2) is 32.9 Å². The molecule has 1 aliphatic carbocycles. The van der Waals surface area contributed by atoms with Gasteiger partial charge in [0.2, 0.25) is 12.7 Å². The molecule has 3 aromatic rings. The predicted octanol–water partition coefficient (Wildman–Crippen LogP) is 3.68. The number of rotatable bonds is 4. The van der Waals surface area contributed by atoms with Crippen LogP contribution < -0.4 is 14.8 Å². The maximum atomic E-state index is 14.6. The first-order chi connectivity index (χ1) is 15.1. The van der Waals surface area contributed by atoms with E-state index in [0.29, 0.717) is 35.9 Å². The number of nitrogens with one attached hydrogen (secondary N) is 1. The molecule has 0 unspecified atom stereocenters. The topological polar surface area (TPSA) is 91.2 Å². The van der Waals surface area contributed by atoms with Crippen molar-refractivity contribution in [2.75, 3.05) is 12.1 Å². The smallest absolute Gasteiger partial charge is 0.235 e. The Morgan fingerprint density at radius 2 is 1.90 bits per heavy atom. The third-order valence-electron chi connectivity index (χ3n) is 6.14. The van der Waals surface area contributed by atoms with Gasteiger partial charge in [0.15, 0.2) is 17.3 Å². The summed E-state index contributed by atoms with van der Waals surface area (Å²) in [6, 6.07) is 10.1. The number of carbonyl (C=O) groups is 1. The molecular formula is C22H22FN5O3. The Morgan fingerprint density at radius 3 is 2.68 bits per heavy atom. The van der Waals surface area contributed by atoms with E-state index in [2.05, 4.69) is 20.8 Å². The van der Waals surface area contributed by atoms with Crippen LogP contribution in [0.4, 0.5) is 10.1 Å². The number of nitrogens with zero attached hydrogens (tertiary/aromatic N) is 4. The average molecular weight is 423 g/mol. The van der Waals surface area contributed by atoms with Crippen molar-refractivity contribution in [2.24, 2.45) is 0 Å². The fraction of sp³-hybridized carbons (Fsp3) is 0.364. The Kier molecular flexibility index (Phi) is 4.80. The number of ether oxygens (including phenoxy) is 2. The van der Waals surface area contributed by atoms with E-state index >= 15 is 0 Å². The Bertz CT molecular complexity index is 1140. The summed E-state index contributed by atoms with van der Waals surface area (Å²) >= 11 is 0. The summed E-state index contributed by atoms with van der Waals surface area (Å²) in [4.78, 5) is 13.6. The van der Waals surface area contributed by atoms with Crippen LogP contribution in [0.5, 0.6) is 11.5 Å². The standard InChI is InChI=1S/C22H22FN5O3/c1-14-25-26-27-28(14)16-6-7-17(23)18(12-16)24-21(29)22(9-3-2-4-10-22)15-5-8-19-20(11-15)31-13-30-19/h5-8,11-12H,2-4,9-10,13H2,1H3,(H,24,29). The molecule has 1 fully saturated rings. The second kappa shape index (κ2) is 7.64. The molecule has 1 saturated carbocycles. The van der Waals surface area contributed by atoms with Crippen molar-refractivity contribution < 1.29 is 18.7 Å². The van der Waals surface area contributed by atoms with Gasteiger partial charge in [0.1, 0.15) is 5.82 Å². The molecule has 0 atom stereocenters. The zero-order chi connectivity index (χ0) is 21.4. The van der Waals surface area contributed by atoms with Crippen molar-refractivity contribution in [1.82, 2.24) is 20.2 Å². The Morgan fingerprint density at radius 1 is 1.10 bits per heavy atom. The predicted molar refractivity (Wildman–Crippen MR) is 110 cm³/mol.